The van der Waals surface area contributed by atoms with Crippen molar-refractivity contribution in [3.05, 3.63) is 82.9 Å². The fourth-order valence-corrected chi connectivity index (χ4v) is 5.33. The molecule has 1 aromatic heterocycles. The molecule has 0 bridgehead atoms. The van der Waals surface area contributed by atoms with E-state index in [4.69, 9.17) is 4.74 Å². The van der Waals surface area contributed by atoms with Crippen molar-refractivity contribution in [2.45, 2.75) is 11.8 Å². The summed E-state index contributed by atoms with van der Waals surface area (Å²) in [6, 6.07) is 16.2. The summed E-state index contributed by atoms with van der Waals surface area (Å²) in [5, 5.41) is 0. The highest BCUT2D eigenvalue weighted by atomic mass is 32.2. The second-order valence-corrected chi connectivity index (χ2v) is 9.73. The number of para-hydroxylation sites is 1. The number of amides is 1. The first-order chi connectivity index (χ1) is 15.8. The van der Waals surface area contributed by atoms with Gasteiger partial charge in [-0.15, -0.1) is 0 Å². The van der Waals surface area contributed by atoms with Crippen molar-refractivity contribution in [2.24, 2.45) is 12.0 Å². The number of sulfonamides is 1. The summed E-state index contributed by atoms with van der Waals surface area (Å²) in [5.41, 5.74) is 1.26. The fourth-order valence-electron chi connectivity index (χ4n) is 3.24. The van der Waals surface area contributed by atoms with Gasteiger partial charge in [-0.1, -0.05) is 23.5 Å². The van der Waals surface area contributed by atoms with Crippen LogP contribution in [0.1, 0.15) is 17.3 Å². The first-order valence-corrected chi connectivity index (χ1v) is 12.3. The van der Waals surface area contributed by atoms with Gasteiger partial charge in [-0.25, -0.2) is 12.8 Å². The number of nitrogens with zero attached hydrogens (tertiary/aromatic N) is 2. The van der Waals surface area contributed by atoms with Gasteiger partial charge in [-0.2, -0.15) is 4.99 Å². The van der Waals surface area contributed by atoms with E-state index < -0.39 is 21.7 Å². The Morgan fingerprint density at radius 1 is 1.12 bits per heavy atom. The van der Waals surface area contributed by atoms with Gasteiger partial charge < -0.3 is 9.30 Å². The SMILES string of the molecule is CCOc1cccc2sc(=NC(=O)c3cccc(NS(=O)(=O)c4ccc(F)cc4)c3)n(C)c12. The predicted octanol–water partition coefficient (Wildman–Crippen LogP) is 4.32. The summed E-state index contributed by atoms with van der Waals surface area (Å²) < 4.78 is 49.0. The molecule has 0 spiro atoms. The summed E-state index contributed by atoms with van der Waals surface area (Å²) in [5.74, 6) is -0.344. The first kappa shape index (κ1) is 22.7. The summed E-state index contributed by atoms with van der Waals surface area (Å²) in [6.07, 6.45) is 0. The average Bonchev–Trinajstić information content (AvgIpc) is 3.10. The number of aryl methyl sites for hydroxylation is 1. The normalized spacial score (nSPS) is 12.2. The monoisotopic (exact) mass is 485 g/mol. The standard InChI is InChI=1S/C23H20FN3O4S2/c1-3-31-19-8-5-9-20-21(19)27(2)23(32-20)25-22(28)15-6-4-7-17(14-15)26-33(29,30)18-12-10-16(24)11-13-18/h4-14,26H,3H2,1-2H3. The van der Waals surface area contributed by atoms with Crippen molar-refractivity contribution in [1.29, 1.82) is 0 Å². The lowest BCUT2D eigenvalue weighted by atomic mass is 10.2. The third-order valence-corrected chi connectivity index (χ3v) is 7.26. The van der Waals surface area contributed by atoms with E-state index in [1.807, 2.05) is 25.1 Å². The maximum Gasteiger partial charge on any atom is 0.279 e. The number of hydrogen-bond donors (Lipinski definition) is 1. The van der Waals surface area contributed by atoms with Gasteiger partial charge in [-0.3, -0.25) is 9.52 Å². The highest BCUT2D eigenvalue weighted by molar-refractivity contribution is 7.92. The number of rotatable bonds is 6. The van der Waals surface area contributed by atoms with Crippen LogP contribution in [0.15, 0.2) is 76.6 Å². The quantitative estimate of drug-likeness (QED) is 0.441. The van der Waals surface area contributed by atoms with Crippen molar-refractivity contribution in [3.8, 4) is 5.75 Å². The van der Waals surface area contributed by atoms with Gasteiger partial charge in [0.05, 0.1) is 16.2 Å². The molecule has 1 heterocycles. The van der Waals surface area contributed by atoms with Gasteiger partial charge in [0, 0.05) is 18.3 Å². The zero-order valence-electron chi connectivity index (χ0n) is 17.8. The lowest BCUT2D eigenvalue weighted by Crippen LogP contribution is -2.15. The van der Waals surface area contributed by atoms with E-state index in [2.05, 4.69) is 9.71 Å². The molecular weight excluding hydrogens is 465 g/mol. The molecule has 170 valence electrons. The molecule has 10 heteroatoms. The van der Waals surface area contributed by atoms with E-state index in [0.29, 0.717) is 17.2 Å². The Hall–Kier alpha value is -3.50. The van der Waals surface area contributed by atoms with Gasteiger partial charge in [-0.05, 0) is 61.5 Å². The summed E-state index contributed by atoms with van der Waals surface area (Å²) >= 11 is 1.35. The van der Waals surface area contributed by atoms with Crippen LogP contribution in [0.2, 0.25) is 0 Å². The van der Waals surface area contributed by atoms with Crippen LogP contribution in [0, 0.1) is 5.82 Å². The fraction of sp³-hybridized carbons (Fsp3) is 0.130. The number of anilines is 1. The molecule has 0 aliphatic heterocycles. The highest BCUT2D eigenvalue weighted by Crippen LogP contribution is 2.27. The van der Waals surface area contributed by atoms with E-state index in [9.17, 15) is 17.6 Å². The van der Waals surface area contributed by atoms with Crippen molar-refractivity contribution in [2.75, 3.05) is 11.3 Å². The number of ether oxygens (including phenoxy) is 1. The third-order valence-electron chi connectivity index (χ3n) is 4.77. The number of halogens is 1. The van der Waals surface area contributed by atoms with E-state index in [0.717, 1.165) is 22.3 Å². The van der Waals surface area contributed by atoms with Crippen LogP contribution < -0.4 is 14.3 Å². The van der Waals surface area contributed by atoms with E-state index >= 15 is 0 Å². The summed E-state index contributed by atoms with van der Waals surface area (Å²) in [4.78, 5) is 17.5. The van der Waals surface area contributed by atoms with Crippen molar-refractivity contribution >= 4 is 43.2 Å². The van der Waals surface area contributed by atoms with Crippen molar-refractivity contribution in [3.63, 3.8) is 0 Å². The van der Waals surface area contributed by atoms with Crippen molar-refractivity contribution < 1.29 is 22.3 Å². The molecule has 33 heavy (non-hydrogen) atoms. The number of nitrogens with one attached hydrogen (secondary N) is 1. The summed E-state index contributed by atoms with van der Waals surface area (Å²) in [7, 11) is -2.13. The topological polar surface area (TPSA) is 89.8 Å². The van der Waals surface area contributed by atoms with Crippen LogP contribution in [0.3, 0.4) is 0 Å². The van der Waals surface area contributed by atoms with Crippen LogP contribution >= 0.6 is 11.3 Å². The number of hydrogen-bond acceptors (Lipinski definition) is 5. The van der Waals surface area contributed by atoms with Crippen LogP contribution in [-0.2, 0) is 17.1 Å². The second-order valence-electron chi connectivity index (χ2n) is 7.04. The molecule has 0 saturated carbocycles. The lowest BCUT2D eigenvalue weighted by Gasteiger charge is -2.08. The molecule has 0 aliphatic carbocycles. The largest absolute Gasteiger partial charge is 0.492 e. The predicted molar refractivity (Wildman–Crippen MR) is 126 cm³/mol. The zero-order valence-corrected chi connectivity index (χ0v) is 19.4. The minimum Gasteiger partial charge on any atom is -0.492 e. The number of aromatic nitrogens is 1. The Kier molecular flexibility index (Phi) is 6.30. The summed E-state index contributed by atoms with van der Waals surface area (Å²) in [6.45, 7) is 2.41. The van der Waals surface area contributed by atoms with Gasteiger partial charge in [0.1, 0.15) is 17.1 Å². The first-order valence-electron chi connectivity index (χ1n) is 9.97. The zero-order chi connectivity index (χ0) is 23.6. The number of carbonyl (C=O) groups is 1. The Morgan fingerprint density at radius 3 is 2.58 bits per heavy atom. The lowest BCUT2D eigenvalue weighted by molar-refractivity contribution is 0.0998. The van der Waals surface area contributed by atoms with Crippen LogP contribution in [0.5, 0.6) is 5.75 Å². The van der Waals surface area contributed by atoms with Crippen molar-refractivity contribution in [1.82, 2.24) is 4.57 Å². The van der Waals surface area contributed by atoms with Crippen LogP contribution in [-0.4, -0.2) is 25.5 Å². The number of carbonyl (C=O) groups excluding carboxylic acids is 1. The van der Waals surface area contributed by atoms with E-state index in [1.54, 1.807) is 23.7 Å². The average molecular weight is 486 g/mol. The highest BCUT2D eigenvalue weighted by Gasteiger charge is 2.16. The molecule has 0 saturated heterocycles. The van der Waals surface area contributed by atoms with Gasteiger partial charge >= 0.3 is 0 Å². The molecule has 1 N–H and O–H groups in total. The molecule has 4 rings (SSSR count). The smallest absolute Gasteiger partial charge is 0.279 e. The molecule has 0 aliphatic rings. The van der Waals surface area contributed by atoms with Gasteiger partial charge in [0.15, 0.2) is 4.80 Å². The molecule has 0 radical (unpaired) electrons. The maximum absolute atomic E-state index is 13.1. The minimum absolute atomic E-state index is 0.0901. The Morgan fingerprint density at radius 2 is 1.85 bits per heavy atom. The molecule has 3 aromatic carbocycles. The number of thiazole rings is 1. The molecule has 0 fully saturated rings. The van der Waals surface area contributed by atoms with Gasteiger partial charge in [0.2, 0.25) is 0 Å². The molecule has 0 atom stereocenters. The molecule has 0 unspecified atom stereocenters. The third kappa shape index (κ3) is 4.81. The van der Waals surface area contributed by atoms with E-state index in [-0.39, 0.29) is 16.1 Å². The molecule has 4 aromatic rings. The number of fused-ring (bicyclic) bond motifs is 1. The Balaban J connectivity index is 1.65. The van der Waals surface area contributed by atoms with Gasteiger partial charge in [0.25, 0.3) is 15.9 Å². The van der Waals surface area contributed by atoms with Crippen LogP contribution in [0.25, 0.3) is 10.2 Å². The molecule has 7 nitrogen and oxygen atoms in total. The van der Waals surface area contributed by atoms with E-state index in [1.165, 1.54) is 35.6 Å². The van der Waals surface area contributed by atoms with Crippen LogP contribution in [0.4, 0.5) is 10.1 Å². The Bertz CT molecular complexity index is 1510. The number of benzene rings is 3. The second kappa shape index (κ2) is 9.16. The minimum atomic E-state index is -3.94. The Labute approximate surface area is 193 Å². The molecular formula is C23H20FN3O4S2. The molecule has 1 amide bonds. The maximum atomic E-state index is 13.1.